The Labute approximate surface area is 138 Å². The van der Waals surface area contributed by atoms with E-state index in [1.165, 1.54) is 0 Å². The molecule has 6 heteroatoms. The quantitative estimate of drug-likeness (QED) is 0.794. The van der Waals surface area contributed by atoms with Gasteiger partial charge in [0.05, 0.1) is 10.9 Å². The average molecular weight is 336 g/mol. The Kier molecular flexibility index (Phi) is 4.09. The van der Waals surface area contributed by atoms with Gasteiger partial charge in [-0.1, -0.05) is 38.1 Å². The molecular weight excluding hydrogens is 312 g/mol. The van der Waals surface area contributed by atoms with Crippen LogP contribution in [0, 0.1) is 4.91 Å². The maximum absolute atomic E-state index is 13.0. The zero-order valence-electron chi connectivity index (χ0n) is 13.9. The van der Waals surface area contributed by atoms with Gasteiger partial charge in [-0.05, 0) is 48.8 Å². The minimum atomic E-state index is -3.50. The molecule has 0 aromatic heterocycles. The van der Waals surface area contributed by atoms with Crippen molar-refractivity contribution >= 4 is 10.0 Å². The number of nitrogens with zero attached hydrogens (tertiary/aromatic N) is 2. The van der Waals surface area contributed by atoms with Crippen LogP contribution in [0.3, 0.4) is 0 Å². The maximum Gasteiger partial charge on any atom is 0.243 e. The topological polar surface area (TPSA) is 66.8 Å². The van der Waals surface area contributed by atoms with E-state index in [4.69, 9.17) is 0 Å². The van der Waals surface area contributed by atoms with Gasteiger partial charge in [-0.15, -0.1) is 0 Å². The lowest BCUT2D eigenvalue weighted by Gasteiger charge is -2.35. The summed E-state index contributed by atoms with van der Waals surface area (Å²) in [5.74, 6) is 0. The lowest BCUT2D eigenvalue weighted by atomic mass is 9.87. The van der Waals surface area contributed by atoms with Crippen molar-refractivity contribution in [2.45, 2.75) is 74.9 Å². The summed E-state index contributed by atoms with van der Waals surface area (Å²) >= 11 is 0. The van der Waals surface area contributed by atoms with Crippen LogP contribution >= 0.6 is 0 Å². The zero-order chi connectivity index (χ0) is 16.8. The van der Waals surface area contributed by atoms with E-state index in [1.807, 2.05) is 12.1 Å². The molecule has 2 saturated heterocycles. The van der Waals surface area contributed by atoms with E-state index in [-0.39, 0.29) is 23.5 Å². The molecular formula is C17H24N2O3S. The van der Waals surface area contributed by atoms with Crippen LogP contribution in [0.2, 0.25) is 0 Å². The molecule has 3 rings (SSSR count). The molecule has 2 fully saturated rings. The Hall–Kier alpha value is -1.27. The summed E-state index contributed by atoms with van der Waals surface area (Å²) in [6, 6.07) is 6.82. The Bertz CT molecular complexity index is 678. The fourth-order valence-corrected chi connectivity index (χ4v) is 5.72. The molecule has 1 aromatic carbocycles. The van der Waals surface area contributed by atoms with E-state index in [0.29, 0.717) is 17.7 Å². The molecule has 0 spiro atoms. The molecule has 2 aliphatic heterocycles. The van der Waals surface area contributed by atoms with Crippen molar-refractivity contribution in [3.8, 4) is 0 Å². The van der Waals surface area contributed by atoms with Gasteiger partial charge in [0, 0.05) is 12.1 Å². The van der Waals surface area contributed by atoms with E-state index in [0.717, 1.165) is 18.4 Å². The molecule has 23 heavy (non-hydrogen) atoms. The molecule has 0 radical (unpaired) electrons. The molecule has 2 aliphatic rings. The van der Waals surface area contributed by atoms with Gasteiger partial charge in [0.2, 0.25) is 10.0 Å². The summed E-state index contributed by atoms with van der Waals surface area (Å²) in [4.78, 5) is 11.2. The predicted octanol–water partition coefficient (Wildman–Crippen LogP) is 3.43. The van der Waals surface area contributed by atoms with Crippen molar-refractivity contribution in [3.05, 3.63) is 34.7 Å². The monoisotopic (exact) mass is 336 g/mol. The van der Waals surface area contributed by atoms with Crippen molar-refractivity contribution in [2.24, 2.45) is 5.18 Å². The second-order valence-corrected chi connectivity index (χ2v) is 9.57. The summed E-state index contributed by atoms with van der Waals surface area (Å²) in [6.45, 7) is 6.32. The Morgan fingerprint density at radius 2 is 1.57 bits per heavy atom. The van der Waals surface area contributed by atoms with Gasteiger partial charge in [0.15, 0.2) is 0 Å². The number of fused-ring (bicyclic) bond motifs is 2. The van der Waals surface area contributed by atoms with Crippen molar-refractivity contribution < 1.29 is 8.42 Å². The fraction of sp³-hybridized carbons (Fsp3) is 0.647. The Morgan fingerprint density at radius 3 is 2.00 bits per heavy atom. The summed E-state index contributed by atoms with van der Waals surface area (Å²) in [7, 11) is -3.50. The van der Waals surface area contributed by atoms with Crippen LogP contribution in [0.15, 0.2) is 34.3 Å². The first-order valence-corrected chi connectivity index (χ1v) is 9.64. The Morgan fingerprint density at radius 1 is 1.04 bits per heavy atom. The third kappa shape index (κ3) is 2.94. The summed E-state index contributed by atoms with van der Waals surface area (Å²) in [5, 5.41) is 3.14. The third-order valence-corrected chi connectivity index (χ3v) is 7.11. The molecule has 3 atom stereocenters. The predicted molar refractivity (Wildman–Crippen MR) is 89.8 cm³/mol. The number of sulfonamides is 1. The molecule has 5 nitrogen and oxygen atoms in total. The maximum atomic E-state index is 13.0. The van der Waals surface area contributed by atoms with Gasteiger partial charge in [0.1, 0.15) is 0 Å². The number of hydrogen-bond acceptors (Lipinski definition) is 4. The smallest absolute Gasteiger partial charge is 0.207 e. The standard InChI is InChI=1S/C17H24N2O3S/c1-17(2,3)12-4-8-16(9-5-12)23(21,22)19-14-6-7-15(19)11-13(10-14)18-20/h4-5,8-9,13-15H,6-7,10-11H2,1-3H3/t13?,14-,15+. The molecule has 0 aliphatic carbocycles. The number of nitroso groups, excluding NO2 is 1. The normalized spacial score (nSPS) is 28.7. The summed E-state index contributed by atoms with van der Waals surface area (Å²) in [6.07, 6.45) is 2.77. The van der Waals surface area contributed by atoms with Crippen molar-refractivity contribution in [2.75, 3.05) is 0 Å². The van der Waals surface area contributed by atoms with E-state index in [1.54, 1.807) is 16.4 Å². The molecule has 126 valence electrons. The molecule has 2 heterocycles. The highest BCUT2D eigenvalue weighted by molar-refractivity contribution is 7.89. The van der Waals surface area contributed by atoms with Crippen LogP contribution in [0.25, 0.3) is 0 Å². The number of rotatable bonds is 3. The molecule has 0 amide bonds. The van der Waals surface area contributed by atoms with E-state index in [2.05, 4.69) is 25.9 Å². The van der Waals surface area contributed by atoms with Crippen LogP contribution < -0.4 is 0 Å². The molecule has 0 N–H and O–H groups in total. The number of piperidine rings is 1. The first kappa shape index (κ1) is 16.6. The second kappa shape index (κ2) is 5.67. The minimum absolute atomic E-state index is 0.00467. The largest absolute Gasteiger partial charge is 0.243 e. The van der Waals surface area contributed by atoms with Crippen LogP contribution in [0.1, 0.15) is 52.0 Å². The van der Waals surface area contributed by atoms with E-state index >= 15 is 0 Å². The first-order chi connectivity index (χ1) is 10.7. The highest BCUT2D eigenvalue weighted by Crippen LogP contribution is 2.40. The summed E-state index contributed by atoms with van der Waals surface area (Å²) in [5.41, 5.74) is 1.11. The molecule has 2 bridgehead atoms. The molecule has 0 saturated carbocycles. The lowest BCUT2D eigenvalue weighted by molar-refractivity contribution is 0.227. The van der Waals surface area contributed by atoms with Crippen LogP contribution in [0.4, 0.5) is 0 Å². The number of hydrogen-bond donors (Lipinski definition) is 0. The van der Waals surface area contributed by atoms with Gasteiger partial charge >= 0.3 is 0 Å². The first-order valence-electron chi connectivity index (χ1n) is 8.20. The van der Waals surface area contributed by atoms with Gasteiger partial charge in [-0.2, -0.15) is 9.21 Å². The van der Waals surface area contributed by atoms with Gasteiger partial charge in [0.25, 0.3) is 0 Å². The van der Waals surface area contributed by atoms with Crippen LogP contribution in [0.5, 0.6) is 0 Å². The van der Waals surface area contributed by atoms with Gasteiger partial charge in [-0.25, -0.2) is 8.42 Å². The van der Waals surface area contributed by atoms with Gasteiger partial charge < -0.3 is 0 Å². The van der Waals surface area contributed by atoms with Crippen molar-refractivity contribution in [3.63, 3.8) is 0 Å². The highest BCUT2D eigenvalue weighted by Gasteiger charge is 2.47. The average Bonchev–Trinajstić information content (AvgIpc) is 2.78. The van der Waals surface area contributed by atoms with Crippen molar-refractivity contribution in [1.29, 1.82) is 0 Å². The molecule has 1 unspecified atom stereocenters. The van der Waals surface area contributed by atoms with Gasteiger partial charge in [-0.3, -0.25) is 0 Å². The zero-order valence-corrected chi connectivity index (χ0v) is 14.7. The minimum Gasteiger partial charge on any atom is -0.207 e. The number of benzene rings is 1. The van der Waals surface area contributed by atoms with E-state index in [9.17, 15) is 13.3 Å². The van der Waals surface area contributed by atoms with Crippen LogP contribution in [-0.4, -0.2) is 30.8 Å². The third-order valence-electron chi connectivity index (χ3n) is 5.09. The lowest BCUT2D eigenvalue weighted by Crippen LogP contribution is -2.47. The second-order valence-electron chi connectivity index (χ2n) is 7.72. The highest BCUT2D eigenvalue weighted by atomic mass is 32.2. The Balaban J connectivity index is 1.89. The van der Waals surface area contributed by atoms with Crippen molar-refractivity contribution in [1.82, 2.24) is 4.31 Å². The summed E-state index contributed by atoms with van der Waals surface area (Å²) < 4.78 is 27.7. The fourth-order valence-electron chi connectivity index (χ4n) is 3.83. The van der Waals surface area contributed by atoms with Crippen LogP contribution in [-0.2, 0) is 15.4 Å². The molecule has 1 aromatic rings. The SMILES string of the molecule is CC(C)(C)c1ccc(S(=O)(=O)N2[C@@H]3CC[C@H]2CC(N=O)C3)cc1. The van der Waals surface area contributed by atoms with E-state index < -0.39 is 10.0 Å².